The van der Waals surface area contributed by atoms with Crippen LogP contribution in [0.1, 0.15) is 31.4 Å². The molecule has 0 radical (unpaired) electrons. The number of rotatable bonds is 7. The van der Waals surface area contributed by atoms with E-state index in [-0.39, 0.29) is 16.4 Å². The standard InChI is InChI=1S/C22H27N3O5S/c1-13(2)10-18(21(26)23-16-7-6-14(3)15(4)11-16)24-31(28,29)17-8-9-19-20(12-17)30-22(27)25(19)5/h6-9,11-13,18,24H,10H2,1-5H3,(H,23,26)/t18-/m1/s1. The van der Waals surface area contributed by atoms with Gasteiger partial charge in [0.25, 0.3) is 0 Å². The topological polar surface area (TPSA) is 110 Å². The fourth-order valence-electron chi connectivity index (χ4n) is 3.27. The molecule has 0 aliphatic heterocycles. The highest BCUT2D eigenvalue weighted by Gasteiger charge is 2.27. The molecule has 0 saturated carbocycles. The van der Waals surface area contributed by atoms with Crippen molar-refractivity contribution in [2.75, 3.05) is 5.32 Å². The molecule has 0 aliphatic carbocycles. The molecule has 1 atom stereocenters. The second-order valence-electron chi connectivity index (χ2n) is 8.15. The normalized spacial score (nSPS) is 13.0. The number of carbonyl (C=O) groups excluding carboxylic acids is 1. The van der Waals surface area contributed by atoms with E-state index in [0.29, 0.717) is 17.6 Å². The van der Waals surface area contributed by atoms with Crippen LogP contribution in [-0.2, 0) is 21.9 Å². The Kier molecular flexibility index (Phi) is 6.38. The second kappa shape index (κ2) is 8.68. The van der Waals surface area contributed by atoms with Crippen molar-refractivity contribution in [3.63, 3.8) is 0 Å². The summed E-state index contributed by atoms with van der Waals surface area (Å²) in [5.41, 5.74) is 3.37. The molecule has 0 fully saturated rings. The number of aryl methyl sites for hydroxylation is 3. The molecular weight excluding hydrogens is 418 g/mol. The smallest absolute Gasteiger partial charge is 0.408 e. The lowest BCUT2D eigenvalue weighted by Crippen LogP contribution is -2.44. The summed E-state index contributed by atoms with van der Waals surface area (Å²) in [6.07, 6.45) is 0.318. The molecule has 1 amide bonds. The first kappa shape index (κ1) is 22.8. The number of fused-ring (bicyclic) bond motifs is 1. The zero-order chi connectivity index (χ0) is 22.9. The third-order valence-electron chi connectivity index (χ3n) is 5.17. The zero-order valence-electron chi connectivity index (χ0n) is 18.2. The molecule has 9 heteroatoms. The summed E-state index contributed by atoms with van der Waals surface area (Å²) in [6.45, 7) is 7.74. The van der Waals surface area contributed by atoms with Crippen LogP contribution in [0.3, 0.4) is 0 Å². The van der Waals surface area contributed by atoms with Gasteiger partial charge in [0.2, 0.25) is 15.9 Å². The Labute approximate surface area is 181 Å². The molecule has 2 N–H and O–H groups in total. The Morgan fingerprint density at radius 3 is 2.45 bits per heavy atom. The van der Waals surface area contributed by atoms with Gasteiger partial charge in [0.1, 0.15) is 6.04 Å². The summed E-state index contributed by atoms with van der Waals surface area (Å²) in [7, 11) is -2.50. The Hall–Kier alpha value is -2.91. The molecule has 2 aromatic carbocycles. The first-order chi connectivity index (χ1) is 14.5. The van der Waals surface area contributed by atoms with Crippen molar-refractivity contribution in [2.24, 2.45) is 13.0 Å². The van der Waals surface area contributed by atoms with Crippen molar-refractivity contribution in [1.29, 1.82) is 0 Å². The van der Waals surface area contributed by atoms with E-state index >= 15 is 0 Å². The predicted molar refractivity (Wildman–Crippen MR) is 120 cm³/mol. The third kappa shape index (κ3) is 5.05. The van der Waals surface area contributed by atoms with Crippen molar-refractivity contribution in [1.82, 2.24) is 9.29 Å². The number of aromatic nitrogens is 1. The number of amides is 1. The average molecular weight is 446 g/mol. The largest absolute Gasteiger partial charge is 0.419 e. The van der Waals surface area contributed by atoms with Gasteiger partial charge in [-0.05, 0) is 61.6 Å². The van der Waals surface area contributed by atoms with Gasteiger partial charge in [-0.3, -0.25) is 9.36 Å². The van der Waals surface area contributed by atoms with Gasteiger partial charge in [-0.25, -0.2) is 13.2 Å². The minimum Gasteiger partial charge on any atom is -0.408 e. The summed E-state index contributed by atoms with van der Waals surface area (Å²) >= 11 is 0. The van der Waals surface area contributed by atoms with Gasteiger partial charge < -0.3 is 9.73 Å². The summed E-state index contributed by atoms with van der Waals surface area (Å²) in [5.74, 6) is -0.941. The van der Waals surface area contributed by atoms with Gasteiger partial charge in [0, 0.05) is 18.8 Å². The quantitative estimate of drug-likeness (QED) is 0.581. The summed E-state index contributed by atoms with van der Waals surface area (Å²) in [4.78, 5) is 24.5. The van der Waals surface area contributed by atoms with E-state index in [1.54, 1.807) is 6.07 Å². The van der Waals surface area contributed by atoms with Crippen LogP contribution < -0.4 is 15.8 Å². The van der Waals surface area contributed by atoms with Crippen molar-refractivity contribution >= 4 is 32.7 Å². The summed E-state index contributed by atoms with van der Waals surface area (Å²) < 4.78 is 34.9. The maximum absolute atomic E-state index is 13.0. The highest BCUT2D eigenvalue weighted by molar-refractivity contribution is 7.89. The minimum atomic E-state index is -4.03. The molecule has 8 nitrogen and oxygen atoms in total. The molecule has 31 heavy (non-hydrogen) atoms. The van der Waals surface area contributed by atoms with Crippen LogP contribution >= 0.6 is 0 Å². The van der Waals surface area contributed by atoms with E-state index in [1.807, 2.05) is 39.8 Å². The molecule has 0 saturated heterocycles. The molecule has 1 heterocycles. The highest BCUT2D eigenvalue weighted by Crippen LogP contribution is 2.20. The van der Waals surface area contributed by atoms with Crippen LogP contribution in [0.4, 0.5) is 5.69 Å². The number of hydrogen-bond donors (Lipinski definition) is 2. The monoisotopic (exact) mass is 445 g/mol. The predicted octanol–water partition coefficient (Wildman–Crippen LogP) is 3.08. The number of hydrogen-bond acceptors (Lipinski definition) is 5. The van der Waals surface area contributed by atoms with Crippen LogP contribution in [0.5, 0.6) is 0 Å². The van der Waals surface area contributed by atoms with E-state index in [4.69, 9.17) is 4.42 Å². The third-order valence-corrected chi connectivity index (χ3v) is 6.64. The maximum Gasteiger partial charge on any atom is 0.419 e. The van der Waals surface area contributed by atoms with Crippen LogP contribution in [0.25, 0.3) is 11.1 Å². The number of nitrogens with one attached hydrogen (secondary N) is 2. The number of nitrogens with zero attached hydrogens (tertiary/aromatic N) is 1. The Bertz CT molecular complexity index is 1290. The van der Waals surface area contributed by atoms with Gasteiger partial charge >= 0.3 is 5.76 Å². The molecule has 3 aromatic rings. The Balaban J connectivity index is 1.87. The van der Waals surface area contributed by atoms with Gasteiger partial charge in [-0.1, -0.05) is 19.9 Å². The molecule has 0 bridgehead atoms. The number of benzene rings is 2. The lowest BCUT2D eigenvalue weighted by Gasteiger charge is -2.20. The fourth-order valence-corrected chi connectivity index (χ4v) is 4.49. The Morgan fingerprint density at radius 2 is 1.81 bits per heavy atom. The molecule has 0 unspecified atom stereocenters. The van der Waals surface area contributed by atoms with Gasteiger partial charge in [0.05, 0.1) is 10.4 Å². The van der Waals surface area contributed by atoms with Gasteiger partial charge in [0.15, 0.2) is 5.58 Å². The summed E-state index contributed by atoms with van der Waals surface area (Å²) in [6, 6.07) is 8.73. The number of oxazole rings is 1. The first-order valence-electron chi connectivity index (χ1n) is 9.98. The lowest BCUT2D eigenvalue weighted by molar-refractivity contribution is -0.118. The maximum atomic E-state index is 13.0. The van der Waals surface area contributed by atoms with Crippen molar-refractivity contribution in [3.8, 4) is 0 Å². The molecule has 1 aromatic heterocycles. The fraction of sp³-hybridized carbons (Fsp3) is 0.364. The van der Waals surface area contributed by atoms with Gasteiger partial charge in [-0.15, -0.1) is 0 Å². The van der Waals surface area contributed by atoms with E-state index in [1.165, 1.54) is 29.8 Å². The molecule has 3 rings (SSSR count). The van der Waals surface area contributed by atoms with E-state index in [0.717, 1.165) is 11.1 Å². The second-order valence-corrected chi connectivity index (χ2v) is 9.86. The minimum absolute atomic E-state index is 0.0767. The van der Waals surface area contributed by atoms with Crippen LogP contribution in [0.15, 0.2) is 50.5 Å². The highest BCUT2D eigenvalue weighted by atomic mass is 32.2. The number of sulfonamides is 1. The number of anilines is 1. The van der Waals surface area contributed by atoms with E-state index in [2.05, 4.69) is 10.0 Å². The molecule has 166 valence electrons. The zero-order valence-corrected chi connectivity index (χ0v) is 19.0. The molecular formula is C22H27N3O5S. The number of carbonyl (C=O) groups is 1. The van der Waals surface area contributed by atoms with Crippen LogP contribution in [-0.4, -0.2) is 24.9 Å². The van der Waals surface area contributed by atoms with Crippen LogP contribution in [0, 0.1) is 19.8 Å². The summed E-state index contributed by atoms with van der Waals surface area (Å²) in [5, 5.41) is 2.80. The van der Waals surface area contributed by atoms with Crippen molar-refractivity contribution in [3.05, 3.63) is 58.1 Å². The lowest BCUT2D eigenvalue weighted by atomic mass is 10.0. The van der Waals surface area contributed by atoms with E-state index in [9.17, 15) is 18.0 Å². The molecule has 0 aliphatic rings. The van der Waals surface area contributed by atoms with Gasteiger partial charge in [-0.2, -0.15) is 4.72 Å². The first-order valence-corrected chi connectivity index (χ1v) is 11.5. The molecule has 0 spiro atoms. The average Bonchev–Trinajstić information content (AvgIpc) is 2.97. The van der Waals surface area contributed by atoms with E-state index < -0.39 is 27.7 Å². The SMILES string of the molecule is Cc1ccc(NC(=O)[C@@H](CC(C)C)NS(=O)(=O)c2ccc3c(c2)oc(=O)n3C)cc1C. The van der Waals surface area contributed by atoms with Crippen molar-refractivity contribution in [2.45, 2.75) is 45.1 Å². The van der Waals surface area contributed by atoms with Crippen LogP contribution in [0.2, 0.25) is 0 Å². The Morgan fingerprint density at radius 1 is 1.10 bits per heavy atom. The van der Waals surface area contributed by atoms with Crippen molar-refractivity contribution < 1.29 is 17.6 Å².